The van der Waals surface area contributed by atoms with Gasteiger partial charge in [-0.15, -0.1) is 0 Å². The molecule has 1 aliphatic rings. The minimum atomic E-state index is -0.967. The Morgan fingerprint density at radius 3 is 2.61 bits per heavy atom. The Bertz CT molecular complexity index is 950. The number of ether oxygens (including phenoxy) is 1. The molecule has 28 heavy (non-hydrogen) atoms. The fourth-order valence-corrected chi connectivity index (χ4v) is 3.40. The van der Waals surface area contributed by atoms with Crippen molar-refractivity contribution < 1.29 is 19.4 Å². The smallest absolute Gasteiger partial charge is 0.336 e. The molecule has 0 bridgehead atoms. The van der Waals surface area contributed by atoms with Gasteiger partial charge in [0.25, 0.3) is 0 Å². The molecule has 0 aliphatic carbocycles. The average Bonchev–Trinajstić information content (AvgIpc) is 2.67. The molecule has 1 heterocycles. The van der Waals surface area contributed by atoms with E-state index in [0.29, 0.717) is 24.4 Å². The van der Waals surface area contributed by atoms with E-state index >= 15 is 0 Å². The van der Waals surface area contributed by atoms with Crippen LogP contribution in [0.15, 0.2) is 30.3 Å². The van der Waals surface area contributed by atoms with Crippen LogP contribution < -0.4 is 15.0 Å². The highest BCUT2D eigenvalue weighted by atomic mass is 16.5. The number of carboxylic acid groups (broad SMARTS) is 1. The van der Waals surface area contributed by atoms with E-state index in [1.165, 1.54) is 0 Å². The van der Waals surface area contributed by atoms with Crippen molar-refractivity contribution in [2.24, 2.45) is 0 Å². The first-order chi connectivity index (χ1) is 13.4. The summed E-state index contributed by atoms with van der Waals surface area (Å²) in [5.74, 6) is -0.272. The third kappa shape index (κ3) is 4.01. The maximum Gasteiger partial charge on any atom is 0.336 e. The largest absolute Gasteiger partial charge is 0.496 e. The molecular weight excluding hydrogens is 356 g/mol. The van der Waals surface area contributed by atoms with Gasteiger partial charge in [0.1, 0.15) is 5.75 Å². The Hall–Kier alpha value is -3.28. The minimum Gasteiger partial charge on any atom is -0.496 e. The van der Waals surface area contributed by atoms with Crippen molar-refractivity contribution in [1.29, 1.82) is 0 Å². The topological polar surface area (TPSA) is 78.9 Å². The Labute approximate surface area is 164 Å². The lowest BCUT2D eigenvalue weighted by molar-refractivity contribution is 0.0696. The number of nitrogens with one attached hydrogen (secondary N) is 1. The summed E-state index contributed by atoms with van der Waals surface area (Å²) < 4.78 is 5.54. The summed E-state index contributed by atoms with van der Waals surface area (Å²) in [6, 6.07) is 9.02. The van der Waals surface area contributed by atoms with Gasteiger partial charge in [-0.2, -0.15) is 0 Å². The Morgan fingerprint density at radius 1 is 1.18 bits per heavy atom. The Kier molecular flexibility index (Phi) is 5.68. The highest BCUT2D eigenvalue weighted by Gasteiger charge is 2.21. The van der Waals surface area contributed by atoms with Crippen LogP contribution in [-0.2, 0) is 0 Å². The molecule has 2 amide bonds. The van der Waals surface area contributed by atoms with Crippen LogP contribution in [0, 0.1) is 13.8 Å². The number of nitrogens with zero attached hydrogens (tertiary/aromatic N) is 1. The number of anilines is 1. The summed E-state index contributed by atoms with van der Waals surface area (Å²) >= 11 is 0. The van der Waals surface area contributed by atoms with Crippen molar-refractivity contribution >= 4 is 29.8 Å². The van der Waals surface area contributed by atoms with Gasteiger partial charge in [0, 0.05) is 24.3 Å². The fraction of sp³-hybridized carbons (Fsp3) is 0.273. The van der Waals surface area contributed by atoms with E-state index in [9.17, 15) is 14.7 Å². The van der Waals surface area contributed by atoms with E-state index in [1.54, 1.807) is 30.2 Å². The molecule has 2 aromatic rings. The summed E-state index contributed by atoms with van der Waals surface area (Å²) in [6.07, 6.45) is 4.47. The second-order valence-corrected chi connectivity index (χ2v) is 6.85. The molecule has 1 aliphatic heterocycles. The summed E-state index contributed by atoms with van der Waals surface area (Å²) in [4.78, 5) is 25.5. The first-order valence-corrected chi connectivity index (χ1v) is 9.16. The summed E-state index contributed by atoms with van der Waals surface area (Å²) in [5.41, 5.74) is 4.23. The summed E-state index contributed by atoms with van der Waals surface area (Å²) in [6.45, 7) is 5.13. The van der Waals surface area contributed by atoms with Crippen molar-refractivity contribution in [2.45, 2.75) is 20.3 Å². The lowest BCUT2D eigenvalue weighted by Crippen LogP contribution is -2.46. The van der Waals surface area contributed by atoms with Gasteiger partial charge in [-0.1, -0.05) is 29.8 Å². The van der Waals surface area contributed by atoms with Gasteiger partial charge in [-0.25, -0.2) is 9.59 Å². The molecule has 1 saturated heterocycles. The van der Waals surface area contributed by atoms with Crippen LogP contribution in [0.2, 0.25) is 0 Å². The third-order valence-corrected chi connectivity index (χ3v) is 4.77. The molecule has 6 nitrogen and oxygen atoms in total. The van der Waals surface area contributed by atoms with E-state index in [1.807, 2.05) is 38.1 Å². The van der Waals surface area contributed by atoms with Gasteiger partial charge in [-0.05, 0) is 49.6 Å². The number of carbonyl (C=O) groups excluding carboxylic acids is 1. The molecule has 0 atom stereocenters. The summed E-state index contributed by atoms with van der Waals surface area (Å²) in [5, 5.41) is 12.3. The number of hydrogen-bond acceptors (Lipinski definition) is 3. The number of benzene rings is 2. The van der Waals surface area contributed by atoms with Crippen molar-refractivity contribution in [3.63, 3.8) is 0 Å². The van der Waals surface area contributed by atoms with Crippen LogP contribution in [0.3, 0.4) is 0 Å². The van der Waals surface area contributed by atoms with E-state index < -0.39 is 5.97 Å². The van der Waals surface area contributed by atoms with Gasteiger partial charge in [0.05, 0.1) is 12.7 Å². The van der Waals surface area contributed by atoms with Gasteiger partial charge >= 0.3 is 12.0 Å². The normalized spacial score (nSPS) is 14.2. The number of carbonyl (C=O) groups is 2. The van der Waals surface area contributed by atoms with Gasteiger partial charge in [-0.3, -0.25) is 4.90 Å². The zero-order chi connectivity index (χ0) is 20.3. The number of urea groups is 1. The molecule has 3 rings (SSSR count). The molecular formula is C22H24N2O4. The van der Waals surface area contributed by atoms with Crippen LogP contribution >= 0.6 is 0 Å². The van der Waals surface area contributed by atoms with E-state index in [4.69, 9.17) is 4.74 Å². The predicted octanol–water partition coefficient (Wildman–Crippen LogP) is 4.10. The highest BCUT2D eigenvalue weighted by molar-refractivity contribution is 5.95. The monoisotopic (exact) mass is 380 g/mol. The number of carboxylic acids is 1. The Balaban J connectivity index is 2.02. The van der Waals surface area contributed by atoms with Gasteiger partial charge in [0.2, 0.25) is 0 Å². The summed E-state index contributed by atoms with van der Waals surface area (Å²) in [7, 11) is 1.60. The molecule has 0 radical (unpaired) electrons. The lowest BCUT2D eigenvalue weighted by atomic mass is 10.0. The zero-order valence-electron chi connectivity index (χ0n) is 16.3. The average molecular weight is 380 g/mol. The zero-order valence-corrected chi connectivity index (χ0v) is 16.3. The third-order valence-electron chi connectivity index (χ3n) is 4.77. The second kappa shape index (κ2) is 8.17. The van der Waals surface area contributed by atoms with E-state index in [0.717, 1.165) is 28.8 Å². The van der Waals surface area contributed by atoms with Crippen molar-refractivity contribution in [3.05, 3.63) is 58.1 Å². The molecule has 1 fully saturated rings. The fourth-order valence-electron chi connectivity index (χ4n) is 3.40. The minimum absolute atomic E-state index is 0.113. The van der Waals surface area contributed by atoms with Crippen LogP contribution in [0.4, 0.5) is 10.5 Å². The van der Waals surface area contributed by atoms with Gasteiger partial charge < -0.3 is 15.2 Å². The highest BCUT2D eigenvalue weighted by Crippen LogP contribution is 2.32. The molecule has 0 unspecified atom stereocenters. The molecule has 0 spiro atoms. The van der Waals surface area contributed by atoms with E-state index in [-0.39, 0.29) is 11.6 Å². The maximum absolute atomic E-state index is 12.2. The molecule has 0 saturated carbocycles. The SMILES string of the molecule is COc1c(C)cc(N2CCCNC2=O)cc1C=Cc1ccc(C)cc1C(=O)O. The van der Waals surface area contributed by atoms with Crippen LogP contribution in [0.1, 0.15) is 39.0 Å². The lowest BCUT2D eigenvalue weighted by Gasteiger charge is -2.28. The number of methoxy groups -OCH3 is 1. The van der Waals surface area contributed by atoms with Crippen LogP contribution in [0.25, 0.3) is 12.2 Å². The number of aromatic carboxylic acids is 1. The van der Waals surface area contributed by atoms with Crippen LogP contribution in [0.5, 0.6) is 5.75 Å². The van der Waals surface area contributed by atoms with Gasteiger partial charge in [0.15, 0.2) is 0 Å². The molecule has 2 N–H and O–H groups in total. The van der Waals surface area contributed by atoms with E-state index in [2.05, 4.69) is 5.32 Å². The number of rotatable bonds is 5. The molecule has 0 aromatic heterocycles. The quantitative estimate of drug-likeness (QED) is 0.766. The Morgan fingerprint density at radius 2 is 1.93 bits per heavy atom. The number of aryl methyl sites for hydroxylation is 2. The van der Waals surface area contributed by atoms with Crippen molar-refractivity contribution in [2.75, 3.05) is 25.1 Å². The van der Waals surface area contributed by atoms with Crippen molar-refractivity contribution in [1.82, 2.24) is 5.32 Å². The molecule has 6 heteroatoms. The van der Waals surface area contributed by atoms with Crippen molar-refractivity contribution in [3.8, 4) is 5.75 Å². The maximum atomic E-state index is 12.2. The number of hydrogen-bond donors (Lipinski definition) is 2. The van der Waals surface area contributed by atoms with Crippen LogP contribution in [-0.4, -0.2) is 37.3 Å². The second-order valence-electron chi connectivity index (χ2n) is 6.85. The predicted molar refractivity (Wildman–Crippen MR) is 110 cm³/mol. The first kappa shape index (κ1) is 19.5. The first-order valence-electron chi connectivity index (χ1n) is 9.16. The molecule has 146 valence electrons. The standard InChI is InChI=1S/C22H24N2O4/c1-14-5-6-16(19(11-14)21(25)26)7-8-17-13-18(12-15(2)20(17)28-3)24-10-4-9-23-22(24)27/h5-8,11-13H,4,9-10H2,1-3H3,(H,23,27)(H,25,26). The molecule has 2 aromatic carbocycles. The number of amides is 2.